The first-order valence-electron chi connectivity index (χ1n) is 9.71. The number of hydrogen-bond donors (Lipinski definition) is 2. The van der Waals surface area contributed by atoms with E-state index in [1.54, 1.807) is 21.3 Å². The van der Waals surface area contributed by atoms with Crippen LogP contribution in [0.2, 0.25) is 0 Å². The highest BCUT2D eigenvalue weighted by atomic mass is 127. The summed E-state index contributed by atoms with van der Waals surface area (Å²) < 4.78 is 10.7. The molecule has 0 unspecified atom stereocenters. The predicted molar refractivity (Wildman–Crippen MR) is 133 cm³/mol. The first-order valence-corrected chi connectivity index (χ1v) is 9.71. The molecule has 1 fully saturated rings. The zero-order chi connectivity index (χ0) is 20.6. The van der Waals surface area contributed by atoms with Crippen molar-refractivity contribution >= 4 is 41.4 Å². The topological polar surface area (TPSA) is 74.3 Å². The number of methoxy groups -OCH3 is 2. The van der Waals surface area contributed by atoms with Crippen LogP contribution in [-0.4, -0.2) is 70.3 Å². The van der Waals surface area contributed by atoms with Gasteiger partial charge in [-0.25, -0.2) is 4.98 Å². The van der Waals surface area contributed by atoms with Gasteiger partial charge in [-0.05, 0) is 25.2 Å². The van der Waals surface area contributed by atoms with Gasteiger partial charge < -0.3 is 29.9 Å². The number of halogens is 1. The highest BCUT2D eigenvalue weighted by Crippen LogP contribution is 2.29. The fourth-order valence-corrected chi connectivity index (χ4v) is 3.28. The van der Waals surface area contributed by atoms with Crippen LogP contribution in [0.3, 0.4) is 0 Å². The molecule has 164 valence electrons. The van der Waals surface area contributed by atoms with E-state index in [-0.39, 0.29) is 24.0 Å². The summed E-state index contributed by atoms with van der Waals surface area (Å²) in [6.07, 6.45) is 1.86. The number of piperazine rings is 1. The van der Waals surface area contributed by atoms with Crippen LogP contribution in [0.1, 0.15) is 5.56 Å². The third-order valence-electron chi connectivity index (χ3n) is 4.99. The van der Waals surface area contributed by atoms with Gasteiger partial charge in [-0.3, -0.25) is 4.99 Å². The van der Waals surface area contributed by atoms with Crippen LogP contribution in [0.4, 0.5) is 11.5 Å². The molecule has 8 nitrogen and oxygen atoms in total. The molecule has 1 aromatic heterocycles. The highest BCUT2D eigenvalue weighted by Gasteiger charge is 2.18. The van der Waals surface area contributed by atoms with Gasteiger partial charge in [-0.15, -0.1) is 24.0 Å². The molecule has 0 spiro atoms. The normalized spacial score (nSPS) is 14.7. The lowest BCUT2D eigenvalue weighted by Gasteiger charge is -2.34. The van der Waals surface area contributed by atoms with Crippen molar-refractivity contribution in [2.75, 3.05) is 64.7 Å². The van der Waals surface area contributed by atoms with Gasteiger partial charge >= 0.3 is 0 Å². The van der Waals surface area contributed by atoms with Gasteiger partial charge in [0.25, 0.3) is 0 Å². The van der Waals surface area contributed by atoms with Gasteiger partial charge in [0.05, 0.1) is 14.2 Å². The molecule has 0 amide bonds. The quantitative estimate of drug-likeness (QED) is 0.341. The fourth-order valence-electron chi connectivity index (χ4n) is 3.28. The predicted octanol–water partition coefficient (Wildman–Crippen LogP) is 2.66. The number of hydrogen-bond acceptors (Lipinski definition) is 6. The van der Waals surface area contributed by atoms with E-state index in [4.69, 9.17) is 9.47 Å². The molecule has 1 aliphatic rings. The van der Waals surface area contributed by atoms with Crippen LogP contribution in [0.15, 0.2) is 41.5 Å². The summed E-state index contributed by atoms with van der Waals surface area (Å²) in [7, 11) is 7.15. The Morgan fingerprint density at radius 3 is 2.50 bits per heavy atom. The molecule has 0 bridgehead atoms. The molecule has 2 heterocycles. The Kier molecular flexibility index (Phi) is 9.44. The molecular weight excluding hydrogens is 495 g/mol. The van der Waals surface area contributed by atoms with E-state index in [9.17, 15) is 0 Å². The molecule has 9 heteroatoms. The number of aliphatic imine (C=N–C) groups is 1. The van der Waals surface area contributed by atoms with E-state index in [0.29, 0.717) is 24.0 Å². The average molecular weight is 526 g/mol. The summed E-state index contributed by atoms with van der Waals surface area (Å²) in [5.74, 6) is 3.06. The van der Waals surface area contributed by atoms with Crippen molar-refractivity contribution in [3.63, 3.8) is 0 Å². The Labute approximate surface area is 195 Å². The van der Waals surface area contributed by atoms with Crippen LogP contribution in [0.5, 0.6) is 11.5 Å². The zero-order valence-electron chi connectivity index (χ0n) is 18.0. The van der Waals surface area contributed by atoms with Gasteiger partial charge in [0, 0.05) is 63.3 Å². The Hall–Kier alpha value is -2.27. The monoisotopic (exact) mass is 526 g/mol. The van der Waals surface area contributed by atoms with Crippen LogP contribution >= 0.6 is 24.0 Å². The summed E-state index contributed by atoms with van der Waals surface area (Å²) in [4.78, 5) is 13.7. The lowest BCUT2D eigenvalue weighted by atomic mass is 10.2. The fraction of sp³-hybridized carbons (Fsp3) is 0.429. The van der Waals surface area contributed by atoms with Gasteiger partial charge in [-0.1, -0.05) is 6.07 Å². The zero-order valence-corrected chi connectivity index (χ0v) is 20.3. The number of ether oxygens (including phenoxy) is 2. The molecule has 1 saturated heterocycles. The maximum Gasteiger partial charge on any atom is 0.195 e. The Morgan fingerprint density at radius 1 is 1.10 bits per heavy atom. The Morgan fingerprint density at radius 2 is 1.83 bits per heavy atom. The third kappa shape index (κ3) is 6.11. The van der Waals surface area contributed by atoms with Crippen LogP contribution in [-0.2, 0) is 6.54 Å². The molecular formula is C21H31IN6O2. The van der Waals surface area contributed by atoms with Crippen molar-refractivity contribution in [3.8, 4) is 11.5 Å². The van der Waals surface area contributed by atoms with Gasteiger partial charge in [-0.2, -0.15) is 0 Å². The molecule has 0 radical (unpaired) electrons. The van der Waals surface area contributed by atoms with Crippen molar-refractivity contribution in [2.24, 2.45) is 4.99 Å². The van der Waals surface area contributed by atoms with E-state index in [2.05, 4.69) is 43.5 Å². The summed E-state index contributed by atoms with van der Waals surface area (Å²) in [5, 5.41) is 6.67. The molecule has 1 aromatic carbocycles. The van der Waals surface area contributed by atoms with Gasteiger partial charge in [0.15, 0.2) is 17.5 Å². The number of pyridine rings is 1. The molecule has 2 N–H and O–H groups in total. The second-order valence-corrected chi connectivity index (χ2v) is 6.90. The van der Waals surface area contributed by atoms with Crippen molar-refractivity contribution in [2.45, 2.75) is 6.54 Å². The van der Waals surface area contributed by atoms with E-state index >= 15 is 0 Å². The van der Waals surface area contributed by atoms with Gasteiger partial charge in [0.2, 0.25) is 0 Å². The van der Waals surface area contributed by atoms with Crippen molar-refractivity contribution in [3.05, 3.63) is 42.1 Å². The Bertz CT molecular complexity index is 840. The minimum atomic E-state index is 0. The molecule has 0 saturated carbocycles. The summed E-state index contributed by atoms with van der Waals surface area (Å²) in [6, 6.07) is 9.75. The lowest BCUT2D eigenvalue weighted by molar-refractivity contribution is 0.312. The smallest absolute Gasteiger partial charge is 0.195 e. The standard InChI is InChI=1S/C21H30N6O2.HI/c1-22-21(25-17-7-8-18(28-3)19(14-17)29-4)24-15-16-6-5-9-23-20(16)27-12-10-26(2)11-13-27;/h5-9,14H,10-13,15H2,1-4H3,(H2,22,24,25);1H. The molecule has 30 heavy (non-hydrogen) atoms. The number of nitrogens with one attached hydrogen (secondary N) is 2. The number of benzene rings is 1. The summed E-state index contributed by atoms with van der Waals surface area (Å²) in [6.45, 7) is 4.69. The minimum absolute atomic E-state index is 0. The molecule has 3 rings (SSSR count). The second kappa shape index (κ2) is 11.8. The lowest BCUT2D eigenvalue weighted by Crippen LogP contribution is -2.45. The number of aromatic nitrogens is 1. The maximum absolute atomic E-state index is 5.37. The third-order valence-corrected chi connectivity index (χ3v) is 4.99. The first-order chi connectivity index (χ1) is 14.1. The molecule has 1 aliphatic heterocycles. The molecule has 0 atom stereocenters. The van der Waals surface area contributed by atoms with Crippen LogP contribution < -0.4 is 25.0 Å². The molecule has 2 aromatic rings. The number of nitrogens with zero attached hydrogens (tertiary/aromatic N) is 4. The van der Waals surface area contributed by atoms with Gasteiger partial charge in [0.1, 0.15) is 5.82 Å². The minimum Gasteiger partial charge on any atom is -0.493 e. The number of rotatable bonds is 6. The largest absolute Gasteiger partial charge is 0.493 e. The number of anilines is 2. The highest BCUT2D eigenvalue weighted by molar-refractivity contribution is 14.0. The average Bonchev–Trinajstić information content (AvgIpc) is 2.77. The van der Waals surface area contributed by atoms with Crippen LogP contribution in [0.25, 0.3) is 0 Å². The van der Waals surface area contributed by atoms with E-state index in [1.807, 2.05) is 30.5 Å². The van der Waals surface area contributed by atoms with Crippen molar-refractivity contribution in [1.82, 2.24) is 15.2 Å². The van der Waals surface area contributed by atoms with Crippen molar-refractivity contribution in [1.29, 1.82) is 0 Å². The van der Waals surface area contributed by atoms with E-state index in [0.717, 1.165) is 43.2 Å². The van der Waals surface area contributed by atoms with Crippen LogP contribution in [0, 0.1) is 0 Å². The second-order valence-electron chi connectivity index (χ2n) is 6.90. The summed E-state index contributed by atoms with van der Waals surface area (Å²) >= 11 is 0. The van der Waals surface area contributed by atoms with E-state index in [1.165, 1.54) is 0 Å². The SMILES string of the molecule is CN=C(NCc1cccnc1N1CCN(C)CC1)Nc1ccc(OC)c(OC)c1.I. The van der Waals surface area contributed by atoms with E-state index < -0.39 is 0 Å². The first kappa shape index (κ1) is 24.0. The van der Waals surface area contributed by atoms with Crippen molar-refractivity contribution < 1.29 is 9.47 Å². The number of likely N-dealkylation sites (N-methyl/N-ethyl adjacent to an activating group) is 1. The summed E-state index contributed by atoms with van der Waals surface area (Å²) in [5.41, 5.74) is 2.01. The Balaban J connectivity index is 0.00000320. The maximum atomic E-state index is 5.37. The molecule has 0 aliphatic carbocycles. The number of guanidine groups is 1.